The molecule has 2 aromatic rings. The molecule has 180 valence electrons. The van der Waals surface area contributed by atoms with Crippen LogP contribution in [-0.4, -0.2) is 72.3 Å². The summed E-state index contributed by atoms with van der Waals surface area (Å²) in [6.45, 7) is 4.11. The van der Waals surface area contributed by atoms with Crippen LogP contribution < -0.4 is 14.8 Å². The number of thiazole rings is 1. The molecule has 34 heavy (non-hydrogen) atoms. The molecule has 1 aromatic carbocycles. The highest BCUT2D eigenvalue weighted by molar-refractivity contribution is 7.16. The van der Waals surface area contributed by atoms with Gasteiger partial charge in [-0.1, -0.05) is 0 Å². The highest BCUT2D eigenvalue weighted by Gasteiger charge is 2.35. The summed E-state index contributed by atoms with van der Waals surface area (Å²) >= 11 is 1.42. The Morgan fingerprint density at radius 1 is 1.15 bits per heavy atom. The van der Waals surface area contributed by atoms with Crippen LogP contribution in [0.5, 0.6) is 11.5 Å². The predicted octanol–water partition coefficient (Wildman–Crippen LogP) is 2.84. The molecule has 3 aliphatic rings. The summed E-state index contributed by atoms with van der Waals surface area (Å²) < 4.78 is 15.7. The Bertz CT molecular complexity index is 1110. The lowest BCUT2D eigenvalue weighted by Crippen LogP contribution is -2.52. The smallest absolute Gasteiger partial charge is 0.409 e. The molecule has 1 atom stereocenters. The fourth-order valence-corrected chi connectivity index (χ4v) is 5.52. The third-order valence-electron chi connectivity index (χ3n) is 6.22. The Balaban J connectivity index is 1.25. The van der Waals surface area contributed by atoms with Gasteiger partial charge in [-0.3, -0.25) is 14.9 Å². The number of fused-ring (bicyclic) bond motifs is 2. The monoisotopic (exact) mass is 486 g/mol. The molecule has 0 saturated carbocycles. The van der Waals surface area contributed by atoms with Crippen molar-refractivity contribution in [2.75, 3.05) is 44.9 Å². The maximum Gasteiger partial charge on any atom is 0.409 e. The van der Waals surface area contributed by atoms with Gasteiger partial charge in [0.25, 0.3) is 5.91 Å². The number of ether oxygens (including phenoxy) is 3. The molecule has 1 N–H and O–H groups in total. The van der Waals surface area contributed by atoms with Crippen molar-refractivity contribution in [2.24, 2.45) is 0 Å². The van der Waals surface area contributed by atoms with E-state index in [4.69, 9.17) is 14.2 Å². The number of hydrogen-bond acceptors (Lipinski definition) is 8. The lowest BCUT2D eigenvalue weighted by Gasteiger charge is -2.36. The van der Waals surface area contributed by atoms with Crippen molar-refractivity contribution in [2.45, 2.75) is 32.1 Å². The highest BCUT2D eigenvalue weighted by atomic mass is 32.1. The van der Waals surface area contributed by atoms with Gasteiger partial charge < -0.3 is 24.0 Å². The van der Waals surface area contributed by atoms with Crippen molar-refractivity contribution < 1.29 is 28.6 Å². The summed E-state index contributed by atoms with van der Waals surface area (Å²) in [5, 5.41) is 3.35. The minimum Gasteiger partial charge on any atom is -0.454 e. The van der Waals surface area contributed by atoms with Crippen LogP contribution in [0, 0.1) is 0 Å². The number of hydrogen-bond donors (Lipinski definition) is 1. The number of carbonyl (C=O) groups is 3. The molecule has 1 aromatic heterocycles. The number of anilines is 1. The van der Waals surface area contributed by atoms with Crippen LogP contribution >= 0.6 is 11.3 Å². The molecule has 0 bridgehead atoms. The number of piperazine rings is 1. The number of nitrogens with zero attached hydrogens (tertiary/aromatic N) is 3. The first-order valence-corrected chi connectivity index (χ1v) is 12.3. The molecular weight excluding hydrogens is 460 g/mol. The topological polar surface area (TPSA) is 110 Å². The van der Waals surface area contributed by atoms with Gasteiger partial charge in [0, 0.05) is 36.6 Å². The Labute approximate surface area is 200 Å². The van der Waals surface area contributed by atoms with Crippen LogP contribution in [0.4, 0.5) is 9.93 Å². The molecule has 1 fully saturated rings. The quantitative estimate of drug-likeness (QED) is 0.708. The van der Waals surface area contributed by atoms with Crippen molar-refractivity contribution in [1.29, 1.82) is 0 Å². The average molecular weight is 487 g/mol. The van der Waals surface area contributed by atoms with E-state index in [0.717, 1.165) is 29.8 Å². The second kappa shape index (κ2) is 9.49. The second-order valence-electron chi connectivity index (χ2n) is 8.31. The number of amides is 3. The van der Waals surface area contributed by atoms with Gasteiger partial charge in [-0.05, 0) is 44.4 Å². The SMILES string of the molecule is CCOC(=O)N1CCN(C(=O)C2CCCc3sc(NC(=O)c4ccc5c(c4)OCO5)nc32)CC1. The van der Waals surface area contributed by atoms with Crippen molar-refractivity contribution in [3.63, 3.8) is 0 Å². The Morgan fingerprint density at radius 3 is 2.71 bits per heavy atom. The summed E-state index contributed by atoms with van der Waals surface area (Å²) in [7, 11) is 0. The van der Waals surface area contributed by atoms with Crippen LogP contribution in [0.3, 0.4) is 0 Å². The van der Waals surface area contributed by atoms with Crippen molar-refractivity contribution in [1.82, 2.24) is 14.8 Å². The van der Waals surface area contributed by atoms with E-state index in [9.17, 15) is 14.4 Å². The van der Waals surface area contributed by atoms with Gasteiger partial charge in [0.15, 0.2) is 16.6 Å². The number of benzene rings is 1. The molecule has 2 aliphatic heterocycles. The zero-order chi connectivity index (χ0) is 23.7. The second-order valence-corrected chi connectivity index (χ2v) is 9.39. The van der Waals surface area contributed by atoms with Gasteiger partial charge in [0.1, 0.15) is 0 Å². The molecule has 3 heterocycles. The van der Waals surface area contributed by atoms with E-state index in [2.05, 4.69) is 10.3 Å². The van der Waals surface area contributed by atoms with Crippen LogP contribution in [0.1, 0.15) is 46.6 Å². The van der Waals surface area contributed by atoms with Crippen LogP contribution in [0.15, 0.2) is 18.2 Å². The molecule has 11 heteroatoms. The third kappa shape index (κ3) is 4.39. The Kier molecular flexibility index (Phi) is 6.27. The van der Waals surface area contributed by atoms with Gasteiger partial charge in [0.05, 0.1) is 18.2 Å². The van der Waals surface area contributed by atoms with Crippen LogP contribution in [-0.2, 0) is 16.0 Å². The van der Waals surface area contributed by atoms with E-state index in [1.165, 1.54) is 11.3 Å². The molecule has 0 spiro atoms. The van der Waals surface area contributed by atoms with E-state index in [-0.39, 0.29) is 30.6 Å². The molecule has 1 unspecified atom stereocenters. The zero-order valence-electron chi connectivity index (χ0n) is 18.9. The maximum atomic E-state index is 13.3. The largest absolute Gasteiger partial charge is 0.454 e. The van der Waals surface area contributed by atoms with Crippen LogP contribution in [0.2, 0.25) is 0 Å². The predicted molar refractivity (Wildman–Crippen MR) is 123 cm³/mol. The molecule has 0 radical (unpaired) electrons. The zero-order valence-corrected chi connectivity index (χ0v) is 19.7. The van der Waals surface area contributed by atoms with Crippen LogP contribution in [0.25, 0.3) is 0 Å². The van der Waals surface area contributed by atoms with E-state index in [1.807, 2.05) is 0 Å². The van der Waals surface area contributed by atoms with Gasteiger partial charge in [-0.25, -0.2) is 9.78 Å². The minimum absolute atomic E-state index is 0.0309. The van der Waals surface area contributed by atoms with E-state index in [1.54, 1.807) is 34.9 Å². The number of aromatic nitrogens is 1. The van der Waals surface area contributed by atoms with E-state index in [0.29, 0.717) is 55.0 Å². The maximum absolute atomic E-state index is 13.3. The molecule has 1 saturated heterocycles. The summed E-state index contributed by atoms with van der Waals surface area (Å²) in [5.74, 6) is 0.571. The molecule has 1 aliphatic carbocycles. The fourth-order valence-electron chi connectivity index (χ4n) is 4.46. The number of nitrogens with one attached hydrogen (secondary N) is 1. The van der Waals surface area contributed by atoms with Gasteiger partial charge in [-0.2, -0.15) is 0 Å². The van der Waals surface area contributed by atoms with Gasteiger partial charge in [-0.15, -0.1) is 11.3 Å². The lowest BCUT2D eigenvalue weighted by molar-refractivity contribution is -0.134. The first kappa shape index (κ1) is 22.5. The first-order chi connectivity index (χ1) is 16.5. The number of aryl methyl sites for hydroxylation is 1. The van der Waals surface area contributed by atoms with E-state index >= 15 is 0 Å². The summed E-state index contributed by atoms with van der Waals surface area (Å²) in [6, 6.07) is 5.03. The van der Waals surface area contributed by atoms with Crippen molar-refractivity contribution in [3.8, 4) is 11.5 Å². The first-order valence-electron chi connectivity index (χ1n) is 11.4. The minimum atomic E-state index is -0.336. The summed E-state index contributed by atoms with van der Waals surface area (Å²) in [6.07, 6.45) is 2.12. The fraction of sp³-hybridized carbons (Fsp3) is 0.478. The van der Waals surface area contributed by atoms with Gasteiger partial charge in [0.2, 0.25) is 12.7 Å². The highest BCUT2D eigenvalue weighted by Crippen LogP contribution is 2.38. The van der Waals surface area contributed by atoms with Crippen molar-refractivity contribution in [3.05, 3.63) is 34.3 Å². The molecule has 10 nitrogen and oxygen atoms in total. The summed E-state index contributed by atoms with van der Waals surface area (Å²) in [4.78, 5) is 47.1. The van der Waals surface area contributed by atoms with E-state index < -0.39 is 0 Å². The Morgan fingerprint density at radius 2 is 1.91 bits per heavy atom. The standard InChI is InChI=1S/C23H26N4O6S/c1-2-31-23(30)27-10-8-26(9-11-27)21(29)15-4-3-5-18-19(15)24-22(34-18)25-20(28)14-6-7-16-17(12-14)33-13-32-16/h6-7,12,15H,2-5,8-11,13H2,1H3,(H,24,25,28). The molecule has 5 rings (SSSR count). The lowest BCUT2D eigenvalue weighted by atomic mass is 9.89. The third-order valence-corrected chi connectivity index (χ3v) is 7.27. The normalized spacial score (nSPS) is 18.9. The average Bonchev–Trinajstić information content (AvgIpc) is 3.49. The number of rotatable bonds is 4. The van der Waals surface area contributed by atoms with Gasteiger partial charge >= 0.3 is 6.09 Å². The summed E-state index contributed by atoms with van der Waals surface area (Å²) in [5.41, 5.74) is 1.21. The molecular formula is C23H26N4O6S. The van der Waals surface area contributed by atoms with Crippen molar-refractivity contribution >= 4 is 34.4 Å². The Hall–Kier alpha value is -3.34. The molecule has 3 amide bonds. The number of carbonyl (C=O) groups excluding carboxylic acids is 3.